The molecule has 0 radical (unpaired) electrons. The number of hydrogen-bond donors (Lipinski definition) is 1. The third kappa shape index (κ3) is 4.05. The third-order valence-corrected chi connectivity index (χ3v) is 7.26. The monoisotopic (exact) mass is 462 g/mol. The van der Waals surface area contributed by atoms with Gasteiger partial charge in [-0.25, -0.2) is 0 Å². The van der Waals surface area contributed by atoms with E-state index in [-0.39, 0.29) is 17.3 Å². The van der Waals surface area contributed by atoms with Gasteiger partial charge >= 0.3 is 5.97 Å². The van der Waals surface area contributed by atoms with Gasteiger partial charge in [-0.3, -0.25) is 4.79 Å². The molecule has 0 saturated carbocycles. The summed E-state index contributed by atoms with van der Waals surface area (Å²) in [5, 5.41) is 19.3. The summed E-state index contributed by atoms with van der Waals surface area (Å²) in [6.07, 6.45) is 4.74. The summed E-state index contributed by atoms with van der Waals surface area (Å²) in [5.74, 6) is -0.763. The van der Waals surface area contributed by atoms with Crippen LogP contribution in [0.5, 0.6) is 0 Å². The Morgan fingerprint density at radius 1 is 0.743 bits per heavy atom. The summed E-state index contributed by atoms with van der Waals surface area (Å²) < 4.78 is 0. The van der Waals surface area contributed by atoms with Crippen molar-refractivity contribution in [2.75, 3.05) is 0 Å². The van der Waals surface area contributed by atoms with Crippen molar-refractivity contribution >= 4 is 55.1 Å². The van der Waals surface area contributed by atoms with Crippen molar-refractivity contribution in [1.29, 1.82) is 0 Å². The Balaban J connectivity index is 1.91. The summed E-state index contributed by atoms with van der Waals surface area (Å²) in [6, 6.07) is 20.6. The molecule has 0 unspecified atom stereocenters. The Kier molecular flexibility index (Phi) is 5.40. The zero-order valence-corrected chi connectivity index (χ0v) is 21.6. The lowest BCUT2D eigenvalue weighted by Crippen LogP contribution is -2.12. The van der Waals surface area contributed by atoms with Gasteiger partial charge < -0.3 is 5.11 Å². The van der Waals surface area contributed by atoms with Crippen LogP contribution < -0.4 is 0 Å². The van der Waals surface area contributed by atoms with Crippen molar-refractivity contribution in [2.45, 2.75) is 65.2 Å². The molecule has 0 aliphatic heterocycles. The van der Waals surface area contributed by atoms with Gasteiger partial charge in [-0.15, -0.1) is 0 Å². The first kappa shape index (κ1) is 23.4. The molecule has 35 heavy (non-hydrogen) atoms. The van der Waals surface area contributed by atoms with Gasteiger partial charge in [-0.2, -0.15) is 0 Å². The van der Waals surface area contributed by atoms with Crippen LogP contribution in [0, 0.1) is 0 Å². The minimum absolute atomic E-state index is 0.0471. The summed E-state index contributed by atoms with van der Waals surface area (Å²) in [4.78, 5) is 10.9. The van der Waals surface area contributed by atoms with Gasteiger partial charge in [0.25, 0.3) is 0 Å². The quantitative estimate of drug-likeness (QED) is 0.213. The van der Waals surface area contributed by atoms with Crippen molar-refractivity contribution in [3.8, 4) is 0 Å². The summed E-state index contributed by atoms with van der Waals surface area (Å²) in [7, 11) is 0. The predicted octanol–water partition coefficient (Wildman–Crippen LogP) is 9.21. The summed E-state index contributed by atoms with van der Waals surface area (Å²) in [5.41, 5.74) is 3.93. The van der Waals surface area contributed by atoms with Crippen LogP contribution in [0.4, 0.5) is 0 Å². The van der Waals surface area contributed by atoms with Crippen LogP contribution in [0.1, 0.15) is 71.1 Å². The molecule has 0 saturated heterocycles. The van der Waals surface area contributed by atoms with E-state index >= 15 is 0 Å². The van der Waals surface area contributed by atoms with E-state index in [0.717, 1.165) is 5.56 Å². The molecule has 0 bridgehead atoms. The van der Waals surface area contributed by atoms with Gasteiger partial charge in [0.1, 0.15) is 0 Å². The average Bonchev–Trinajstić information content (AvgIpc) is 2.78. The number of rotatable bonds is 4. The van der Waals surface area contributed by atoms with Crippen LogP contribution in [0.2, 0.25) is 0 Å². The van der Waals surface area contributed by atoms with E-state index < -0.39 is 5.97 Å². The first-order valence-corrected chi connectivity index (χ1v) is 12.5. The second kappa shape index (κ2) is 8.09. The van der Waals surface area contributed by atoms with Gasteiger partial charge in [0.15, 0.2) is 0 Å². The molecule has 0 fully saturated rings. The van der Waals surface area contributed by atoms with E-state index in [2.05, 4.69) is 102 Å². The molecule has 178 valence electrons. The molecule has 2 heteroatoms. The van der Waals surface area contributed by atoms with Crippen LogP contribution in [-0.4, -0.2) is 11.1 Å². The lowest BCUT2D eigenvalue weighted by molar-refractivity contribution is -0.136. The highest BCUT2D eigenvalue weighted by Gasteiger charge is 2.22. The number of allylic oxidation sites excluding steroid dienone is 1. The fourth-order valence-electron chi connectivity index (χ4n) is 5.25. The smallest absolute Gasteiger partial charge is 0.303 e. The van der Waals surface area contributed by atoms with Crippen LogP contribution in [0.3, 0.4) is 0 Å². The number of carbonyl (C=O) groups is 1. The molecule has 1 N–H and O–H groups in total. The topological polar surface area (TPSA) is 37.3 Å². The molecule has 5 rings (SSSR count). The van der Waals surface area contributed by atoms with E-state index in [1.165, 1.54) is 54.2 Å². The number of carboxylic acids is 1. The number of benzene rings is 5. The van der Waals surface area contributed by atoms with E-state index in [1.807, 2.05) is 6.08 Å². The summed E-state index contributed by atoms with van der Waals surface area (Å²) in [6.45, 7) is 13.7. The minimum atomic E-state index is -0.763. The van der Waals surface area contributed by atoms with Crippen LogP contribution >= 0.6 is 0 Å². The Hall–Kier alpha value is -3.39. The second-order valence-electron chi connectivity index (χ2n) is 11.9. The molecule has 0 aliphatic rings. The van der Waals surface area contributed by atoms with E-state index in [1.54, 1.807) is 0 Å². The van der Waals surface area contributed by atoms with Crippen LogP contribution in [0.15, 0.2) is 60.7 Å². The number of aliphatic carboxylic acids is 1. The highest BCUT2D eigenvalue weighted by atomic mass is 16.4. The normalized spacial score (nSPS) is 13.2. The van der Waals surface area contributed by atoms with Gasteiger partial charge in [-0.1, -0.05) is 96.2 Å². The molecule has 0 aliphatic carbocycles. The molecule has 5 aromatic carbocycles. The maximum absolute atomic E-state index is 10.9. The first-order valence-electron chi connectivity index (χ1n) is 12.5. The van der Waals surface area contributed by atoms with E-state index in [0.29, 0.717) is 6.42 Å². The predicted molar refractivity (Wildman–Crippen MR) is 151 cm³/mol. The molecule has 0 heterocycles. The Labute approximate surface area is 207 Å². The lowest BCUT2D eigenvalue weighted by Gasteiger charge is -2.25. The SMILES string of the molecule is CC(C)(C)c1cc2cc(C(C)(C)C)cc3c4ccc(/C=C/CCC(=O)O)c5cccc(c(c1)c23)c54. The highest BCUT2D eigenvalue weighted by molar-refractivity contribution is 6.33. The van der Waals surface area contributed by atoms with E-state index in [4.69, 9.17) is 5.11 Å². The molecule has 0 aromatic heterocycles. The Bertz CT molecular complexity index is 1550. The number of carboxylic acid groups (broad SMARTS) is 1. The Morgan fingerprint density at radius 3 is 1.89 bits per heavy atom. The fourth-order valence-corrected chi connectivity index (χ4v) is 5.25. The highest BCUT2D eigenvalue weighted by Crippen LogP contribution is 2.44. The van der Waals surface area contributed by atoms with Crippen LogP contribution in [0.25, 0.3) is 49.2 Å². The third-order valence-electron chi connectivity index (χ3n) is 7.26. The van der Waals surface area contributed by atoms with Gasteiger partial charge in [-0.05, 0) is 89.2 Å². The minimum Gasteiger partial charge on any atom is -0.481 e. The van der Waals surface area contributed by atoms with Crippen LogP contribution in [-0.2, 0) is 15.6 Å². The largest absolute Gasteiger partial charge is 0.481 e. The molecular formula is C33H34O2. The molecule has 2 nitrogen and oxygen atoms in total. The second-order valence-corrected chi connectivity index (χ2v) is 11.9. The first-order chi connectivity index (χ1) is 16.4. The van der Waals surface area contributed by atoms with Gasteiger partial charge in [0, 0.05) is 6.42 Å². The molecular weight excluding hydrogens is 428 g/mol. The van der Waals surface area contributed by atoms with Crippen molar-refractivity contribution < 1.29 is 9.90 Å². The lowest BCUT2D eigenvalue weighted by atomic mass is 9.79. The van der Waals surface area contributed by atoms with Crippen molar-refractivity contribution in [1.82, 2.24) is 0 Å². The molecule has 0 atom stereocenters. The Morgan fingerprint density at radius 2 is 1.31 bits per heavy atom. The van der Waals surface area contributed by atoms with Crippen molar-refractivity contribution in [3.05, 3.63) is 77.4 Å². The maximum Gasteiger partial charge on any atom is 0.303 e. The molecule has 0 spiro atoms. The van der Waals surface area contributed by atoms with Crippen molar-refractivity contribution in [2.24, 2.45) is 0 Å². The zero-order valence-electron chi connectivity index (χ0n) is 21.6. The van der Waals surface area contributed by atoms with E-state index in [9.17, 15) is 4.79 Å². The number of fused-ring (bicyclic) bond motifs is 2. The standard InChI is InChI=1S/C33H34O2/c1-32(2,3)22-16-21-17-23(33(4,5)6)19-28-26-15-14-20(10-7-8-13-29(34)35)24-11-9-12-25(31(24)26)27(18-22)30(21)28/h7,9-12,14-19H,8,13H2,1-6H3,(H,34,35)/b10-7+. The summed E-state index contributed by atoms with van der Waals surface area (Å²) >= 11 is 0. The van der Waals surface area contributed by atoms with Gasteiger partial charge in [0.2, 0.25) is 0 Å². The van der Waals surface area contributed by atoms with Crippen molar-refractivity contribution in [3.63, 3.8) is 0 Å². The maximum atomic E-state index is 10.9. The van der Waals surface area contributed by atoms with Gasteiger partial charge in [0.05, 0.1) is 0 Å². The average molecular weight is 463 g/mol. The number of hydrogen-bond acceptors (Lipinski definition) is 1. The fraction of sp³-hybridized carbons (Fsp3) is 0.303. The molecule has 5 aromatic rings. The molecule has 0 amide bonds. The zero-order chi connectivity index (χ0) is 25.1.